The van der Waals surface area contributed by atoms with Gasteiger partial charge in [0.25, 0.3) is 0 Å². The number of likely N-dealkylation sites (tertiary alicyclic amines) is 1. The first-order valence-electron chi connectivity index (χ1n) is 7.52. The van der Waals surface area contributed by atoms with E-state index >= 15 is 0 Å². The zero-order valence-corrected chi connectivity index (χ0v) is 11.5. The third-order valence-corrected chi connectivity index (χ3v) is 4.68. The Kier molecular flexibility index (Phi) is 4.16. The van der Waals surface area contributed by atoms with E-state index in [-0.39, 0.29) is 6.10 Å². The zero-order valence-electron chi connectivity index (χ0n) is 11.5. The fourth-order valence-electron chi connectivity index (χ4n) is 3.54. The molecule has 2 fully saturated rings. The molecule has 2 aliphatic heterocycles. The summed E-state index contributed by atoms with van der Waals surface area (Å²) in [6.45, 7) is 4.05. The second-order valence-electron chi connectivity index (χ2n) is 5.85. The van der Waals surface area contributed by atoms with E-state index in [1.54, 1.807) is 0 Å². The predicted octanol–water partition coefficient (Wildman–Crippen LogP) is 1.59. The SMILES string of the molecule is OC1CNCCC1N1CCC(c2ccccc2)CC1. The second kappa shape index (κ2) is 6.04. The molecule has 0 radical (unpaired) electrons. The monoisotopic (exact) mass is 260 g/mol. The number of benzene rings is 1. The number of aliphatic hydroxyl groups is 1. The Hall–Kier alpha value is -0.900. The van der Waals surface area contributed by atoms with Gasteiger partial charge < -0.3 is 10.4 Å². The fourth-order valence-corrected chi connectivity index (χ4v) is 3.54. The number of rotatable bonds is 2. The van der Waals surface area contributed by atoms with Gasteiger partial charge in [0.1, 0.15) is 0 Å². The molecule has 2 aliphatic rings. The fraction of sp³-hybridized carbons (Fsp3) is 0.625. The van der Waals surface area contributed by atoms with Crippen LogP contribution in [0.15, 0.2) is 30.3 Å². The van der Waals surface area contributed by atoms with Crippen molar-refractivity contribution in [2.45, 2.75) is 37.3 Å². The van der Waals surface area contributed by atoms with Crippen LogP contribution in [0, 0.1) is 0 Å². The summed E-state index contributed by atoms with van der Waals surface area (Å²) in [7, 11) is 0. The van der Waals surface area contributed by atoms with Gasteiger partial charge in [-0.3, -0.25) is 4.90 Å². The number of nitrogens with one attached hydrogen (secondary N) is 1. The minimum absolute atomic E-state index is 0.193. The molecule has 104 valence electrons. The lowest BCUT2D eigenvalue weighted by molar-refractivity contribution is 0.0170. The van der Waals surface area contributed by atoms with E-state index in [4.69, 9.17) is 0 Å². The molecule has 19 heavy (non-hydrogen) atoms. The molecule has 2 unspecified atom stereocenters. The summed E-state index contributed by atoms with van der Waals surface area (Å²) < 4.78 is 0. The van der Waals surface area contributed by atoms with Crippen molar-refractivity contribution >= 4 is 0 Å². The summed E-state index contributed by atoms with van der Waals surface area (Å²) in [6.07, 6.45) is 3.33. The molecule has 0 amide bonds. The number of aliphatic hydroxyl groups excluding tert-OH is 1. The average molecular weight is 260 g/mol. The van der Waals surface area contributed by atoms with Gasteiger partial charge >= 0.3 is 0 Å². The Morgan fingerprint density at radius 3 is 2.47 bits per heavy atom. The minimum Gasteiger partial charge on any atom is -0.390 e. The molecule has 3 heteroatoms. The van der Waals surface area contributed by atoms with Crippen LogP contribution in [0.1, 0.15) is 30.7 Å². The first-order valence-corrected chi connectivity index (χ1v) is 7.52. The maximum absolute atomic E-state index is 10.1. The van der Waals surface area contributed by atoms with Gasteiger partial charge in [0, 0.05) is 12.6 Å². The third kappa shape index (κ3) is 2.99. The maximum Gasteiger partial charge on any atom is 0.0819 e. The van der Waals surface area contributed by atoms with Crippen LogP contribution >= 0.6 is 0 Å². The molecule has 1 aromatic rings. The lowest BCUT2D eigenvalue weighted by atomic mass is 9.88. The molecule has 3 nitrogen and oxygen atoms in total. The molecule has 3 rings (SSSR count). The number of β-amino-alcohol motifs (C(OH)–C–C–N with tert-alkyl or cyclic N) is 1. The number of nitrogens with zero attached hydrogens (tertiary/aromatic N) is 1. The lowest BCUT2D eigenvalue weighted by Gasteiger charge is -2.41. The lowest BCUT2D eigenvalue weighted by Crippen LogP contribution is -2.54. The average Bonchev–Trinajstić information content (AvgIpc) is 2.49. The topological polar surface area (TPSA) is 35.5 Å². The standard InChI is InChI=1S/C16H24N2O/c19-16-12-17-9-6-15(16)18-10-7-14(8-11-18)13-4-2-1-3-5-13/h1-5,14-17,19H,6-12H2. The highest BCUT2D eigenvalue weighted by molar-refractivity contribution is 5.20. The van der Waals surface area contributed by atoms with Crippen molar-refractivity contribution in [2.24, 2.45) is 0 Å². The number of hydrogen-bond acceptors (Lipinski definition) is 3. The van der Waals surface area contributed by atoms with Crippen molar-refractivity contribution in [1.29, 1.82) is 0 Å². The van der Waals surface area contributed by atoms with Crippen molar-refractivity contribution in [3.05, 3.63) is 35.9 Å². The summed E-state index contributed by atoms with van der Waals surface area (Å²) in [4.78, 5) is 2.50. The molecular weight excluding hydrogens is 236 g/mol. The van der Waals surface area contributed by atoms with E-state index in [2.05, 4.69) is 40.5 Å². The van der Waals surface area contributed by atoms with Gasteiger partial charge in [0.05, 0.1) is 6.10 Å². The minimum atomic E-state index is -0.193. The first kappa shape index (κ1) is 13.1. The van der Waals surface area contributed by atoms with Crippen molar-refractivity contribution in [1.82, 2.24) is 10.2 Å². The summed E-state index contributed by atoms with van der Waals surface area (Å²) >= 11 is 0. The summed E-state index contributed by atoms with van der Waals surface area (Å²) in [5.41, 5.74) is 1.48. The molecule has 2 N–H and O–H groups in total. The van der Waals surface area contributed by atoms with Crippen LogP contribution in [-0.4, -0.2) is 48.3 Å². The molecule has 0 spiro atoms. The van der Waals surface area contributed by atoms with E-state index in [9.17, 15) is 5.11 Å². The van der Waals surface area contributed by atoms with Crippen LogP contribution in [0.3, 0.4) is 0 Å². The van der Waals surface area contributed by atoms with E-state index in [0.717, 1.165) is 32.6 Å². The van der Waals surface area contributed by atoms with Crippen LogP contribution in [0.4, 0.5) is 0 Å². The normalized spacial score (nSPS) is 30.4. The van der Waals surface area contributed by atoms with Crippen LogP contribution in [0.2, 0.25) is 0 Å². The molecule has 1 aromatic carbocycles. The summed E-state index contributed by atoms with van der Waals surface area (Å²) in [5.74, 6) is 0.705. The Balaban J connectivity index is 1.57. The van der Waals surface area contributed by atoms with Crippen LogP contribution in [-0.2, 0) is 0 Å². The zero-order chi connectivity index (χ0) is 13.1. The molecule has 2 heterocycles. The molecule has 0 bridgehead atoms. The van der Waals surface area contributed by atoms with Gasteiger partial charge in [0.2, 0.25) is 0 Å². The summed E-state index contributed by atoms with van der Waals surface area (Å²) in [5, 5.41) is 13.4. The number of piperidine rings is 2. The summed E-state index contributed by atoms with van der Waals surface area (Å²) in [6, 6.07) is 11.2. The predicted molar refractivity (Wildman–Crippen MR) is 77.3 cm³/mol. The highest BCUT2D eigenvalue weighted by Gasteiger charge is 2.31. The van der Waals surface area contributed by atoms with Gasteiger partial charge in [-0.2, -0.15) is 0 Å². The molecule has 2 saturated heterocycles. The van der Waals surface area contributed by atoms with E-state index < -0.39 is 0 Å². The van der Waals surface area contributed by atoms with Crippen LogP contribution in [0.25, 0.3) is 0 Å². The molecule has 0 saturated carbocycles. The Morgan fingerprint density at radius 1 is 1.05 bits per heavy atom. The third-order valence-electron chi connectivity index (χ3n) is 4.68. The smallest absolute Gasteiger partial charge is 0.0819 e. The van der Waals surface area contributed by atoms with E-state index in [1.807, 2.05) is 0 Å². The van der Waals surface area contributed by atoms with Gasteiger partial charge in [-0.15, -0.1) is 0 Å². The Labute approximate surface area is 115 Å². The Morgan fingerprint density at radius 2 is 1.79 bits per heavy atom. The second-order valence-corrected chi connectivity index (χ2v) is 5.85. The van der Waals surface area contributed by atoms with Crippen molar-refractivity contribution < 1.29 is 5.11 Å². The molecule has 0 aliphatic carbocycles. The molecule has 2 atom stereocenters. The van der Waals surface area contributed by atoms with E-state index in [1.165, 1.54) is 18.4 Å². The highest BCUT2D eigenvalue weighted by Crippen LogP contribution is 2.29. The largest absolute Gasteiger partial charge is 0.390 e. The van der Waals surface area contributed by atoms with Crippen LogP contribution < -0.4 is 5.32 Å². The van der Waals surface area contributed by atoms with Gasteiger partial charge in [-0.25, -0.2) is 0 Å². The van der Waals surface area contributed by atoms with Crippen LogP contribution in [0.5, 0.6) is 0 Å². The van der Waals surface area contributed by atoms with Gasteiger partial charge in [-0.1, -0.05) is 30.3 Å². The van der Waals surface area contributed by atoms with Gasteiger partial charge in [0.15, 0.2) is 0 Å². The highest BCUT2D eigenvalue weighted by atomic mass is 16.3. The van der Waals surface area contributed by atoms with Gasteiger partial charge in [-0.05, 0) is 50.4 Å². The quantitative estimate of drug-likeness (QED) is 0.847. The Bertz CT molecular complexity index is 387. The van der Waals surface area contributed by atoms with Crippen molar-refractivity contribution in [2.75, 3.05) is 26.2 Å². The molecular formula is C16H24N2O. The maximum atomic E-state index is 10.1. The van der Waals surface area contributed by atoms with E-state index in [0.29, 0.717) is 12.0 Å². The van der Waals surface area contributed by atoms with Crippen molar-refractivity contribution in [3.8, 4) is 0 Å². The number of hydrogen-bond donors (Lipinski definition) is 2. The van der Waals surface area contributed by atoms with Crippen molar-refractivity contribution in [3.63, 3.8) is 0 Å². The molecule has 0 aromatic heterocycles. The first-order chi connectivity index (χ1) is 9.34.